The van der Waals surface area contributed by atoms with E-state index in [1.54, 1.807) is 12.1 Å². The van der Waals surface area contributed by atoms with Gasteiger partial charge in [-0.25, -0.2) is 4.39 Å². The third-order valence-electron chi connectivity index (χ3n) is 2.82. The zero-order valence-electron chi connectivity index (χ0n) is 11.4. The van der Waals surface area contributed by atoms with Crippen LogP contribution in [-0.2, 0) is 0 Å². The number of amides is 1. The summed E-state index contributed by atoms with van der Waals surface area (Å²) in [4.78, 5) is 12.6. The van der Waals surface area contributed by atoms with Crippen LogP contribution in [0, 0.1) is 5.82 Å². The predicted octanol–water partition coefficient (Wildman–Crippen LogP) is 3.19. The molecule has 0 radical (unpaired) electrons. The molecule has 0 aliphatic rings. The maximum absolute atomic E-state index is 13.1. The van der Waals surface area contributed by atoms with Gasteiger partial charge in [-0.05, 0) is 43.1 Å². The van der Waals surface area contributed by atoms with Crippen LogP contribution in [-0.4, -0.2) is 25.0 Å². The monoisotopic (exact) mass is 316 g/mol. The number of rotatable bonds is 5. The van der Waals surface area contributed by atoms with Gasteiger partial charge in [-0.2, -0.15) is 0 Å². The second-order valence-electron chi connectivity index (χ2n) is 4.46. The average molecular weight is 317 g/mol. The van der Waals surface area contributed by atoms with Crippen LogP contribution >= 0.6 is 23.7 Å². The molecule has 110 valence electrons. The smallest absolute Gasteiger partial charge is 0.261 e. The van der Waals surface area contributed by atoms with Crippen LogP contribution in [0.1, 0.15) is 23.5 Å². The van der Waals surface area contributed by atoms with Crippen molar-refractivity contribution >= 4 is 39.7 Å². The van der Waals surface area contributed by atoms with Crippen molar-refractivity contribution in [3.63, 3.8) is 0 Å². The Bertz CT molecular complexity index is 588. The Morgan fingerprint density at radius 3 is 2.85 bits per heavy atom. The third-order valence-corrected chi connectivity index (χ3v) is 3.94. The molecule has 1 amide bonds. The lowest BCUT2D eigenvalue weighted by Crippen LogP contribution is -2.38. The zero-order chi connectivity index (χ0) is 13.8. The summed E-state index contributed by atoms with van der Waals surface area (Å²) >= 11 is 1.38. The Morgan fingerprint density at radius 2 is 2.15 bits per heavy atom. The van der Waals surface area contributed by atoms with E-state index in [2.05, 4.69) is 10.6 Å². The van der Waals surface area contributed by atoms with Gasteiger partial charge >= 0.3 is 0 Å². The summed E-state index contributed by atoms with van der Waals surface area (Å²) in [6.45, 7) is 5.50. The minimum absolute atomic E-state index is 0. The molecular weight excluding hydrogens is 299 g/mol. The van der Waals surface area contributed by atoms with E-state index < -0.39 is 0 Å². The van der Waals surface area contributed by atoms with Crippen molar-refractivity contribution in [2.75, 3.05) is 13.1 Å². The molecule has 3 nitrogen and oxygen atoms in total. The van der Waals surface area contributed by atoms with Crippen molar-refractivity contribution in [2.24, 2.45) is 0 Å². The second kappa shape index (κ2) is 7.57. The van der Waals surface area contributed by atoms with E-state index >= 15 is 0 Å². The van der Waals surface area contributed by atoms with Gasteiger partial charge in [0.2, 0.25) is 0 Å². The van der Waals surface area contributed by atoms with Gasteiger partial charge in [-0.3, -0.25) is 4.79 Å². The van der Waals surface area contributed by atoms with Crippen LogP contribution in [0.2, 0.25) is 0 Å². The van der Waals surface area contributed by atoms with E-state index in [1.165, 1.54) is 23.5 Å². The molecule has 0 aliphatic heterocycles. The van der Waals surface area contributed by atoms with Crippen LogP contribution in [0.4, 0.5) is 4.39 Å². The summed E-state index contributed by atoms with van der Waals surface area (Å²) < 4.78 is 14.0. The largest absolute Gasteiger partial charge is 0.350 e. The number of carbonyl (C=O) groups is 1. The Kier molecular flexibility index (Phi) is 6.39. The fourth-order valence-electron chi connectivity index (χ4n) is 1.88. The Labute approximate surface area is 128 Å². The van der Waals surface area contributed by atoms with E-state index in [9.17, 15) is 9.18 Å². The minimum Gasteiger partial charge on any atom is -0.350 e. The summed E-state index contributed by atoms with van der Waals surface area (Å²) in [7, 11) is 0. The SMILES string of the molecule is CCN[C@H](C)CNC(=O)c1cc2cc(F)ccc2s1.Cl. The molecule has 2 aromatic rings. The number of halogens is 2. The highest BCUT2D eigenvalue weighted by atomic mass is 35.5. The first-order chi connectivity index (χ1) is 9.10. The van der Waals surface area contributed by atoms with Gasteiger partial charge < -0.3 is 10.6 Å². The van der Waals surface area contributed by atoms with Crippen molar-refractivity contribution in [2.45, 2.75) is 19.9 Å². The maximum atomic E-state index is 13.1. The number of nitrogens with one attached hydrogen (secondary N) is 2. The highest BCUT2D eigenvalue weighted by molar-refractivity contribution is 7.20. The molecule has 0 spiro atoms. The molecule has 0 aliphatic carbocycles. The van der Waals surface area contributed by atoms with E-state index in [4.69, 9.17) is 0 Å². The first kappa shape index (κ1) is 16.9. The van der Waals surface area contributed by atoms with Gasteiger partial charge in [0, 0.05) is 17.3 Å². The van der Waals surface area contributed by atoms with E-state index in [0.717, 1.165) is 16.6 Å². The van der Waals surface area contributed by atoms with Crippen molar-refractivity contribution < 1.29 is 9.18 Å². The number of hydrogen-bond donors (Lipinski definition) is 2. The number of fused-ring (bicyclic) bond motifs is 1. The van der Waals surface area contributed by atoms with Gasteiger partial charge in [-0.15, -0.1) is 23.7 Å². The summed E-state index contributed by atoms with van der Waals surface area (Å²) in [5.41, 5.74) is 0. The van der Waals surface area contributed by atoms with Crippen molar-refractivity contribution in [3.8, 4) is 0 Å². The van der Waals surface area contributed by atoms with Crippen LogP contribution in [0.3, 0.4) is 0 Å². The standard InChI is InChI=1S/C14H17FN2OS.ClH/c1-3-16-9(2)8-17-14(18)13-7-10-6-11(15)4-5-12(10)19-13;/h4-7,9,16H,3,8H2,1-2H3,(H,17,18);1H/t9-;/m1./s1. The second-order valence-corrected chi connectivity index (χ2v) is 5.55. The summed E-state index contributed by atoms with van der Waals surface area (Å²) in [6, 6.07) is 6.53. The Hall–Kier alpha value is -1.17. The van der Waals surface area contributed by atoms with Gasteiger partial charge in [0.25, 0.3) is 5.91 Å². The van der Waals surface area contributed by atoms with Crippen LogP contribution in [0.15, 0.2) is 24.3 Å². The molecule has 1 aromatic heterocycles. The summed E-state index contributed by atoms with van der Waals surface area (Å²) in [5.74, 6) is -0.385. The van der Waals surface area contributed by atoms with E-state index in [-0.39, 0.29) is 30.2 Å². The number of likely N-dealkylation sites (N-methyl/N-ethyl adjacent to an activating group) is 1. The lowest BCUT2D eigenvalue weighted by atomic mass is 10.2. The van der Waals surface area contributed by atoms with E-state index in [0.29, 0.717) is 11.4 Å². The number of thiophene rings is 1. The Balaban J connectivity index is 0.00000200. The quantitative estimate of drug-likeness (QED) is 0.889. The number of hydrogen-bond acceptors (Lipinski definition) is 3. The molecule has 0 fully saturated rings. The molecule has 20 heavy (non-hydrogen) atoms. The molecule has 0 saturated heterocycles. The number of benzene rings is 1. The van der Waals surface area contributed by atoms with Gasteiger partial charge in [-0.1, -0.05) is 6.92 Å². The molecule has 0 bridgehead atoms. The Morgan fingerprint density at radius 1 is 1.40 bits per heavy atom. The first-order valence-electron chi connectivity index (χ1n) is 6.31. The van der Waals surface area contributed by atoms with Gasteiger partial charge in [0.05, 0.1) is 4.88 Å². The maximum Gasteiger partial charge on any atom is 0.261 e. The lowest BCUT2D eigenvalue weighted by molar-refractivity contribution is 0.0954. The van der Waals surface area contributed by atoms with Crippen molar-refractivity contribution in [3.05, 3.63) is 35.0 Å². The molecule has 6 heteroatoms. The van der Waals surface area contributed by atoms with Crippen LogP contribution in [0.5, 0.6) is 0 Å². The predicted molar refractivity (Wildman–Crippen MR) is 84.5 cm³/mol. The fourth-order valence-corrected chi connectivity index (χ4v) is 2.84. The van der Waals surface area contributed by atoms with Crippen LogP contribution in [0.25, 0.3) is 10.1 Å². The number of carbonyl (C=O) groups excluding carboxylic acids is 1. The van der Waals surface area contributed by atoms with Crippen molar-refractivity contribution in [1.29, 1.82) is 0 Å². The summed E-state index contributed by atoms with van der Waals surface area (Å²) in [5, 5.41) is 6.87. The lowest BCUT2D eigenvalue weighted by Gasteiger charge is -2.12. The van der Waals surface area contributed by atoms with E-state index in [1.807, 2.05) is 13.8 Å². The third kappa shape index (κ3) is 4.16. The summed E-state index contributed by atoms with van der Waals surface area (Å²) in [6.07, 6.45) is 0. The fraction of sp³-hybridized carbons (Fsp3) is 0.357. The molecule has 1 atom stereocenters. The molecule has 1 aromatic carbocycles. The molecule has 1 heterocycles. The highest BCUT2D eigenvalue weighted by Crippen LogP contribution is 2.26. The van der Waals surface area contributed by atoms with Crippen molar-refractivity contribution in [1.82, 2.24) is 10.6 Å². The molecule has 2 N–H and O–H groups in total. The van der Waals surface area contributed by atoms with Gasteiger partial charge in [0.1, 0.15) is 5.82 Å². The first-order valence-corrected chi connectivity index (χ1v) is 7.12. The molecule has 2 rings (SSSR count). The zero-order valence-corrected chi connectivity index (χ0v) is 13.0. The topological polar surface area (TPSA) is 41.1 Å². The average Bonchev–Trinajstić information content (AvgIpc) is 2.79. The van der Waals surface area contributed by atoms with Crippen LogP contribution < -0.4 is 10.6 Å². The molecule has 0 saturated carbocycles. The molecule has 0 unspecified atom stereocenters. The van der Waals surface area contributed by atoms with Gasteiger partial charge in [0.15, 0.2) is 0 Å². The minimum atomic E-state index is -0.280. The normalized spacial score (nSPS) is 11.9. The highest BCUT2D eigenvalue weighted by Gasteiger charge is 2.11. The molecular formula is C14H18ClFN2OS.